The Bertz CT molecular complexity index is 604. The van der Waals surface area contributed by atoms with Crippen LogP contribution in [-0.2, 0) is 4.79 Å². The van der Waals surface area contributed by atoms with Gasteiger partial charge in [-0.3, -0.25) is 9.69 Å². The van der Waals surface area contributed by atoms with Crippen LogP contribution in [0.25, 0.3) is 6.08 Å². The highest BCUT2D eigenvalue weighted by atomic mass is 79.9. The first-order valence-corrected chi connectivity index (χ1v) is 7.77. The third-order valence-corrected chi connectivity index (χ3v) is 4.66. The molecule has 1 saturated heterocycles. The van der Waals surface area contributed by atoms with Crippen molar-refractivity contribution in [1.82, 2.24) is 4.90 Å². The molecule has 19 heavy (non-hydrogen) atoms. The molecule has 1 amide bonds. The lowest BCUT2D eigenvalue weighted by Gasteiger charge is -2.09. The van der Waals surface area contributed by atoms with E-state index in [1.165, 1.54) is 16.7 Å². The van der Waals surface area contributed by atoms with Gasteiger partial charge in [-0.1, -0.05) is 51.5 Å². The van der Waals surface area contributed by atoms with E-state index in [-0.39, 0.29) is 16.7 Å². The van der Waals surface area contributed by atoms with Gasteiger partial charge in [-0.15, -0.1) is 0 Å². The van der Waals surface area contributed by atoms with Crippen LogP contribution in [0.1, 0.15) is 12.5 Å². The summed E-state index contributed by atoms with van der Waals surface area (Å²) in [6.07, 6.45) is 1.60. The van der Waals surface area contributed by atoms with E-state index < -0.39 is 0 Å². The third-order valence-electron chi connectivity index (χ3n) is 2.53. The zero-order valence-corrected chi connectivity index (χ0v) is 13.8. The summed E-state index contributed by atoms with van der Waals surface area (Å²) >= 11 is 15.5. The second-order valence-corrected chi connectivity index (χ2v) is 6.75. The van der Waals surface area contributed by atoms with Gasteiger partial charge in [-0.05, 0) is 25.1 Å². The number of thiocarbonyl (C=S) groups is 1. The van der Waals surface area contributed by atoms with E-state index in [0.29, 0.717) is 21.3 Å². The minimum Gasteiger partial charge on any atom is -0.506 e. The number of hydrogen-bond acceptors (Lipinski definition) is 4. The first kappa shape index (κ1) is 14.8. The molecule has 1 aromatic rings. The maximum Gasteiger partial charge on any atom is 0.266 e. The number of likely N-dealkylation sites (N-methyl/N-ethyl adjacent to an activating group) is 1. The van der Waals surface area contributed by atoms with Crippen LogP contribution >= 0.6 is 51.5 Å². The zero-order valence-electron chi connectivity index (χ0n) is 9.81. The van der Waals surface area contributed by atoms with Gasteiger partial charge in [-0.25, -0.2) is 0 Å². The molecule has 0 unspecified atom stereocenters. The number of rotatable bonds is 2. The Balaban J connectivity index is 2.43. The average Bonchev–Trinajstić information content (AvgIpc) is 2.60. The largest absolute Gasteiger partial charge is 0.506 e. The molecule has 0 saturated carbocycles. The molecule has 1 fully saturated rings. The number of thioether (sulfide) groups is 1. The highest BCUT2D eigenvalue weighted by Gasteiger charge is 2.30. The number of phenols is 1. The van der Waals surface area contributed by atoms with Gasteiger partial charge in [0.2, 0.25) is 0 Å². The number of hydrogen-bond donors (Lipinski definition) is 1. The summed E-state index contributed by atoms with van der Waals surface area (Å²) in [6, 6.07) is 3.28. The molecule has 0 spiro atoms. The summed E-state index contributed by atoms with van der Waals surface area (Å²) in [7, 11) is 0. The monoisotopic (exact) mass is 377 g/mol. The predicted octanol–water partition coefficient (Wildman–Crippen LogP) is 4.03. The second kappa shape index (κ2) is 5.83. The van der Waals surface area contributed by atoms with Gasteiger partial charge in [0.05, 0.1) is 9.93 Å². The van der Waals surface area contributed by atoms with Crippen LogP contribution in [0.3, 0.4) is 0 Å². The number of amides is 1. The van der Waals surface area contributed by atoms with E-state index >= 15 is 0 Å². The van der Waals surface area contributed by atoms with Crippen LogP contribution in [0.4, 0.5) is 0 Å². The van der Waals surface area contributed by atoms with E-state index in [9.17, 15) is 9.90 Å². The smallest absolute Gasteiger partial charge is 0.266 e. The van der Waals surface area contributed by atoms with E-state index in [0.717, 1.165) is 4.47 Å². The Kier molecular flexibility index (Phi) is 4.55. The molecule has 0 bridgehead atoms. The quantitative estimate of drug-likeness (QED) is 0.623. The second-order valence-electron chi connectivity index (χ2n) is 3.75. The minimum absolute atomic E-state index is 0.0494. The summed E-state index contributed by atoms with van der Waals surface area (Å²) in [5.41, 5.74) is 0.482. The summed E-state index contributed by atoms with van der Waals surface area (Å²) in [6.45, 7) is 2.40. The Hall–Kier alpha value is -0.560. The first-order valence-electron chi connectivity index (χ1n) is 5.37. The summed E-state index contributed by atoms with van der Waals surface area (Å²) in [5.74, 6) is -0.195. The van der Waals surface area contributed by atoms with E-state index in [2.05, 4.69) is 15.9 Å². The lowest BCUT2D eigenvalue weighted by Crippen LogP contribution is -2.27. The molecule has 7 heteroatoms. The zero-order chi connectivity index (χ0) is 14.2. The summed E-state index contributed by atoms with van der Waals surface area (Å²) < 4.78 is 1.26. The van der Waals surface area contributed by atoms with E-state index in [1.54, 1.807) is 18.2 Å². The predicted molar refractivity (Wildman–Crippen MR) is 86.4 cm³/mol. The van der Waals surface area contributed by atoms with Crippen LogP contribution < -0.4 is 0 Å². The van der Waals surface area contributed by atoms with Gasteiger partial charge in [0.15, 0.2) is 0 Å². The standard InChI is InChI=1S/C12H9BrClNO2S2/c1-2-15-11(17)9(19-12(15)18)4-6-3-7(13)5-8(14)10(6)16/h3-5,16H,2H2,1H3/b9-4-. The number of carbonyl (C=O) groups is 1. The molecular weight excluding hydrogens is 370 g/mol. The van der Waals surface area contributed by atoms with E-state index in [1.807, 2.05) is 6.92 Å². The molecule has 1 heterocycles. The van der Waals surface area contributed by atoms with Crippen molar-refractivity contribution in [2.75, 3.05) is 6.54 Å². The molecule has 100 valence electrons. The molecule has 1 aromatic carbocycles. The molecule has 0 radical (unpaired) electrons. The van der Waals surface area contributed by atoms with Crippen molar-refractivity contribution >= 4 is 67.8 Å². The van der Waals surface area contributed by atoms with Crippen LogP contribution in [0.2, 0.25) is 5.02 Å². The van der Waals surface area contributed by atoms with Crippen LogP contribution in [0.5, 0.6) is 5.75 Å². The molecule has 0 aliphatic carbocycles. The highest BCUT2D eigenvalue weighted by Crippen LogP contribution is 2.37. The fourth-order valence-corrected chi connectivity index (χ4v) is 3.82. The maximum absolute atomic E-state index is 12.1. The Morgan fingerprint density at radius 1 is 1.58 bits per heavy atom. The first-order chi connectivity index (χ1) is 8.93. The molecule has 0 atom stereocenters. The lowest BCUT2D eigenvalue weighted by atomic mass is 10.2. The number of nitrogens with zero attached hydrogens (tertiary/aromatic N) is 1. The number of carbonyl (C=O) groups excluding carboxylic acids is 1. The molecular formula is C12H9BrClNO2S2. The maximum atomic E-state index is 12.1. The molecule has 3 nitrogen and oxygen atoms in total. The fourth-order valence-electron chi connectivity index (χ4n) is 1.61. The molecule has 2 rings (SSSR count). The van der Waals surface area contributed by atoms with Crippen LogP contribution in [0.15, 0.2) is 21.5 Å². The Labute approximate surface area is 133 Å². The van der Waals surface area contributed by atoms with Gasteiger partial charge in [0, 0.05) is 16.6 Å². The molecule has 1 aliphatic rings. The van der Waals surface area contributed by atoms with Crippen molar-refractivity contribution in [2.45, 2.75) is 6.92 Å². The normalized spacial score (nSPS) is 17.6. The number of aromatic hydroxyl groups is 1. The molecule has 1 N–H and O–H groups in total. The lowest BCUT2D eigenvalue weighted by molar-refractivity contribution is -0.121. The van der Waals surface area contributed by atoms with Crippen molar-refractivity contribution in [1.29, 1.82) is 0 Å². The highest BCUT2D eigenvalue weighted by molar-refractivity contribution is 9.10. The van der Waals surface area contributed by atoms with Crippen LogP contribution in [-0.4, -0.2) is 26.8 Å². The Morgan fingerprint density at radius 2 is 2.26 bits per heavy atom. The van der Waals surface area contributed by atoms with Crippen molar-refractivity contribution in [3.05, 3.63) is 32.1 Å². The van der Waals surface area contributed by atoms with Gasteiger partial charge in [-0.2, -0.15) is 0 Å². The molecule has 0 aromatic heterocycles. The molecule has 1 aliphatic heterocycles. The van der Waals surface area contributed by atoms with Gasteiger partial charge in [0.1, 0.15) is 10.1 Å². The summed E-state index contributed by atoms with van der Waals surface area (Å²) in [5, 5.41) is 10.1. The Morgan fingerprint density at radius 3 is 2.84 bits per heavy atom. The van der Waals surface area contributed by atoms with Crippen molar-refractivity contribution in [3.8, 4) is 5.75 Å². The minimum atomic E-state index is -0.145. The summed E-state index contributed by atoms with van der Waals surface area (Å²) in [4.78, 5) is 14.1. The van der Waals surface area contributed by atoms with Crippen LogP contribution in [0, 0.1) is 0 Å². The number of phenolic OH excluding ortho intramolecular Hbond substituents is 1. The number of halogens is 2. The average molecular weight is 379 g/mol. The SMILES string of the molecule is CCN1C(=O)/C(=C/c2cc(Br)cc(Cl)c2O)SC1=S. The van der Waals surface area contributed by atoms with Crippen molar-refractivity contribution < 1.29 is 9.90 Å². The van der Waals surface area contributed by atoms with Gasteiger partial charge >= 0.3 is 0 Å². The van der Waals surface area contributed by atoms with Crippen molar-refractivity contribution in [3.63, 3.8) is 0 Å². The van der Waals surface area contributed by atoms with E-state index in [4.69, 9.17) is 23.8 Å². The van der Waals surface area contributed by atoms with Gasteiger partial charge in [0.25, 0.3) is 5.91 Å². The third kappa shape index (κ3) is 2.97. The fraction of sp³-hybridized carbons (Fsp3) is 0.167. The van der Waals surface area contributed by atoms with Crippen molar-refractivity contribution in [2.24, 2.45) is 0 Å². The number of benzene rings is 1. The topological polar surface area (TPSA) is 40.5 Å². The van der Waals surface area contributed by atoms with Gasteiger partial charge < -0.3 is 5.11 Å².